The maximum atomic E-state index is 12.4. The monoisotopic (exact) mass is 392 g/mol. The van der Waals surface area contributed by atoms with Crippen molar-refractivity contribution >= 4 is 28.6 Å². The van der Waals surface area contributed by atoms with Crippen LogP contribution in [0.4, 0.5) is 0 Å². The molecule has 7 nitrogen and oxygen atoms in total. The molecule has 0 aliphatic carbocycles. The Morgan fingerprint density at radius 3 is 2.71 bits per heavy atom. The van der Waals surface area contributed by atoms with Crippen LogP contribution in [-0.4, -0.2) is 33.2 Å². The third-order valence-corrected chi connectivity index (χ3v) is 5.11. The Bertz CT molecular complexity index is 1140. The molecule has 0 bridgehead atoms. The number of benzene rings is 1. The van der Waals surface area contributed by atoms with Gasteiger partial charge in [-0.1, -0.05) is 30.0 Å². The van der Waals surface area contributed by atoms with Gasteiger partial charge in [-0.15, -0.1) is 10.2 Å². The number of carbonyl (C=O) groups excluding carboxylic acids is 1. The molecule has 0 aliphatic rings. The van der Waals surface area contributed by atoms with E-state index in [1.807, 2.05) is 31.2 Å². The summed E-state index contributed by atoms with van der Waals surface area (Å²) >= 11 is 1.32. The van der Waals surface area contributed by atoms with Crippen LogP contribution in [-0.2, 0) is 10.5 Å². The van der Waals surface area contributed by atoms with E-state index in [-0.39, 0.29) is 0 Å². The van der Waals surface area contributed by atoms with Crippen molar-refractivity contribution in [3.8, 4) is 11.5 Å². The number of aryl methyl sites for hydroxylation is 1. The van der Waals surface area contributed by atoms with E-state index in [1.165, 1.54) is 18.9 Å². The first-order valence-electron chi connectivity index (χ1n) is 8.50. The summed E-state index contributed by atoms with van der Waals surface area (Å²) in [4.78, 5) is 21.0. The second-order valence-electron chi connectivity index (χ2n) is 5.96. The Balaban J connectivity index is 1.64. The van der Waals surface area contributed by atoms with E-state index in [9.17, 15) is 4.79 Å². The molecular weight excluding hydrogens is 376 g/mol. The zero-order valence-electron chi connectivity index (χ0n) is 15.2. The molecule has 0 N–H and O–H groups in total. The fraction of sp³-hybridized carbons (Fsp3) is 0.150. The lowest BCUT2D eigenvalue weighted by Crippen LogP contribution is -2.10. The molecule has 0 saturated heterocycles. The van der Waals surface area contributed by atoms with Gasteiger partial charge in [0, 0.05) is 29.1 Å². The smallest absolute Gasteiger partial charge is 0.340 e. The van der Waals surface area contributed by atoms with Gasteiger partial charge in [0.15, 0.2) is 0 Å². The summed E-state index contributed by atoms with van der Waals surface area (Å²) < 4.78 is 10.7. The fourth-order valence-corrected chi connectivity index (χ4v) is 3.63. The first-order chi connectivity index (χ1) is 13.7. The van der Waals surface area contributed by atoms with Crippen molar-refractivity contribution < 1.29 is 13.9 Å². The largest absolute Gasteiger partial charge is 0.465 e. The number of fused-ring (bicyclic) bond motifs is 1. The number of hydrogen-bond donors (Lipinski definition) is 0. The summed E-state index contributed by atoms with van der Waals surface area (Å²) in [5, 5.41) is 9.46. The van der Waals surface area contributed by atoms with Gasteiger partial charge in [0.05, 0.1) is 23.9 Å². The number of aromatic nitrogens is 4. The number of pyridine rings is 2. The van der Waals surface area contributed by atoms with E-state index in [1.54, 1.807) is 24.5 Å². The molecule has 3 heterocycles. The molecule has 0 radical (unpaired) electrons. The van der Waals surface area contributed by atoms with Crippen LogP contribution in [0.2, 0.25) is 0 Å². The third kappa shape index (κ3) is 3.46. The summed E-state index contributed by atoms with van der Waals surface area (Å²) in [6, 6.07) is 11.3. The van der Waals surface area contributed by atoms with Gasteiger partial charge in [-0.3, -0.25) is 9.97 Å². The summed E-state index contributed by atoms with van der Waals surface area (Å²) in [7, 11) is 1.37. The van der Waals surface area contributed by atoms with Crippen molar-refractivity contribution in [1.29, 1.82) is 0 Å². The van der Waals surface area contributed by atoms with E-state index in [4.69, 9.17) is 9.15 Å². The Morgan fingerprint density at radius 1 is 1.14 bits per heavy atom. The average molecular weight is 392 g/mol. The van der Waals surface area contributed by atoms with Crippen molar-refractivity contribution in [2.45, 2.75) is 17.9 Å². The predicted octanol–water partition coefficient (Wildman–Crippen LogP) is 4.07. The highest BCUT2D eigenvalue weighted by Crippen LogP contribution is 2.29. The van der Waals surface area contributed by atoms with Crippen LogP contribution in [0.1, 0.15) is 21.6 Å². The number of ether oxygens (including phenoxy) is 1. The maximum Gasteiger partial charge on any atom is 0.340 e. The van der Waals surface area contributed by atoms with Crippen LogP contribution in [0.3, 0.4) is 0 Å². The van der Waals surface area contributed by atoms with Gasteiger partial charge >= 0.3 is 5.97 Å². The first-order valence-corrected chi connectivity index (χ1v) is 9.49. The lowest BCUT2D eigenvalue weighted by molar-refractivity contribution is 0.0598. The van der Waals surface area contributed by atoms with Crippen LogP contribution in [0.25, 0.3) is 22.4 Å². The van der Waals surface area contributed by atoms with E-state index >= 15 is 0 Å². The number of methoxy groups -OCH3 is 1. The van der Waals surface area contributed by atoms with Crippen molar-refractivity contribution in [1.82, 2.24) is 20.2 Å². The number of rotatable bonds is 5. The van der Waals surface area contributed by atoms with Gasteiger partial charge in [0.1, 0.15) is 0 Å². The van der Waals surface area contributed by atoms with Gasteiger partial charge < -0.3 is 9.15 Å². The Kier molecular flexibility index (Phi) is 5.03. The predicted molar refractivity (Wildman–Crippen MR) is 105 cm³/mol. The van der Waals surface area contributed by atoms with Gasteiger partial charge in [-0.25, -0.2) is 4.79 Å². The molecule has 1 aromatic carbocycles. The molecule has 0 spiro atoms. The molecule has 0 amide bonds. The second kappa shape index (κ2) is 7.77. The molecule has 0 unspecified atom stereocenters. The number of hydrogen-bond acceptors (Lipinski definition) is 8. The highest BCUT2D eigenvalue weighted by Gasteiger charge is 2.20. The normalized spacial score (nSPS) is 10.9. The Morgan fingerprint density at radius 2 is 1.93 bits per heavy atom. The molecule has 0 atom stereocenters. The minimum absolute atomic E-state index is 0.397. The fourth-order valence-electron chi connectivity index (χ4n) is 2.93. The van der Waals surface area contributed by atoms with Crippen molar-refractivity contribution in [3.63, 3.8) is 0 Å². The van der Waals surface area contributed by atoms with E-state index in [0.717, 1.165) is 22.0 Å². The summed E-state index contributed by atoms with van der Waals surface area (Å²) in [5.41, 5.74) is 3.56. The van der Waals surface area contributed by atoms with Gasteiger partial charge in [-0.05, 0) is 30.7 Å². The van der Waals surface area contributed by atoms with Crippen molar-refractivity contribution in [2.75, 3.05) is 7.11 Å². The SMILES string of the molecule is COC(=O)c1c(CSc2nnc(-c3ccncc3)o2)nc2ccccc2c1C. The Labute approximate surface area is 165 Å². The van der Waals surface area contributed by atoms with E-state index in [0.29, 0.717) is 28.1 Å². The molecule has 3 aromatic heterocycles. The minimum Gasteiger partial charge on any atom is -0.465 e. The van der Waals surface area contributed by atoms with Crippen LogP contribution in [0, 0.1) is 6.92 Å². The third-order valence-electron chi connectivity index (χ3n) is 4.28. The Hall–Kier alpha value is -3.26. The standard InChI is InChI=1S/C20H16N4O3S/c1-12-14-5-3-4-6-15(14)22-16(17(12)19(25)26-2)11-28-20-24-23-18(27-20)13-7-9-21-10-8-13/h3-10H,11H2,1-2H3. The second-order valence-corrected chi connectivity index (χ2v) is 6.89. The number of para-hydroxylation sites is 1. The number of esters is 1. The van der Waals surface area contributed by atoms with E-state index in [2.05, 4.69) is 20.2 Å². The lowest BCUT2D eigenvalue weighted by Gasteiger charge is -2.12. The minimum atomic E-state index is -0.408. The van der Waals surface area contributed by atoms with Gasteiger partial charge in [0.25, 0.3) is 5.22 Å². The number of carbonyl (C=O) groups is 1. The summed E-state index contributed by atoms with van der Waals surface area (Å²) in [5.74, 6) is 0.406. The topological polar surface area (TPSA) is 91.0 Å². The molecule has 0 fully saturated rings. The first kappa shape index (κ1) is 18.1. The maximum absolute atomic E-state index is 12.4. The van der Waals surface area contributed by atoms with Crippen LogP contribution < -0.4 is 0 Å². The highest BCUT2D eigenvalue weighted by molar-refractivity contribution is 7.98. The lowest BCUT2D eigenvalue weighted by atomic mass is 10.0. The van der Waals surface area contributed by atoms with Crippen LogP contribution in [0.15, 0.2) is 58.4 Å². The van der Waals surface area contributed by atoms with Crippen LogP contribution >= 0.6 is 11.8 Å². The molecule has 28 heavy (non-hydrogen) atoms. The van der Waals surface area contributed by atoms with Crippen molar-refractivity contribution in [3.05, 3.63) is 65.6 Å². The molecular formula is C20H16N4O3S. The van der Waals surface area contributed by atoms with Crippen LogP contribution in [0.5, 0.6) is 0 Å². The van der Waals surface area contributed by atoms with Crippen molar-refractivity contribution in [2.24, 2.45) is 0 Å². The average Bonchev–Trinajstić information content (AvgIpc) is 3.21. The summed E-state index contributed by atoms with van der Waals surface area (Å²) in [6.45, 7) is 1.90. The zero-order valence-corrected chi connectivity index (χ0v) is 16.1. The quantitative estimate of drug-likeness (QED) is 0.371. The number of nitrogens with zero attached hydrogens (tertiary/aromatic N) is 4. The van der Waals surface area contributed by atoms with E-state index < -0.39 is 5.97 Å². The van der Waals surface area contributed by atoms with Gasteiger partial charge in [0.2, 0.25) is 5.89 Å². The molecule has 8 heteroatoms. The zero-order chi connectivity index (χ0) is 19.5. The molecule has 0 saturated carbocycles. The molecule has 4 rings (SSSR count). The summed E-state index contributed by atoms with van der Waals surface area (Å²) in [6.07, 6.45) is 3.33. The molecule has 0 aliphatic heterocycles. The van der Waals surface area contributed by atoms with Gasteiger partial charge in [-0.2, -0.15) is 0 Å². The number of thioether (sulfide) groups is 1. The molecule has 140 valence electrons. The highest BCUT2D eigenvalue weighted by atomic mass is 32.2. The molecule has 4 aromatic rings.